The molecule has 5 atom stereocenters. The fourth-order valence-electron chi connectivity index (χ4n) is 7.15. The number of amides is 2. The predicted molar refractivity (Wildman–Crippen MR) is 196 cm³/mol. The number of hydrogen-bond acceptors (Lipinski definition) is 7. The van der Waals surface area contributed by atoms with Crippen LogP contribution in [0.4, 0.5) is 10.5 Å². The molecule has 0 saturated heterocycles. The molecule has 2 aliphatic heterocycles. The standard InChI is InChI=1S/C40H46Cl2N2O7/c1-22(2)29-13-7-23(3)15-34(29)50-38(46)33-18-26-17-32-35(19-27(26)20-44(33)39(47)51-40(4,5)6)49-36(37(45)43-32)25-9-11-28(12-10-25)48-21-24-8-14-30(41)31(42)16-24/h8-12,14,16-17,19,22-23,29,33-34,36H,7,13,15,18,20-21H2,1-6H3,(H,43,45)/t23?,29-,33-,34+,36+/m0/s1. The first-order valence-electron chi connectivity index (χ1n) is 17.6. The Hall–Kier alpha value is -3.95. The second kappa shape index (κ2) is 15.0. The van der Waals surface area contributed by atoms with E-state index < -0.39 is 29.8 Å². The molecule has 1 aliphatic carbocycles. The van der Waals surface area contributed by atoms with E-state index in [4.69, 9.17) is 42.1 Å². The van der Waals surface area contributed by atoms with Gasteiger partial charge in [0.25, 0.3) is 5.91 Å². The Morgan fingerprint density at radius 1 is 1.00 bits per heavy atom. The summed E-state index contributed by atoms with van der Waals surface area (Å²) >= 11 is 12.1. The third-order valence-corrected chi connectivity index (χ3v) is 10.6. The minimum absolute atomic E-state index is 0.124. The summed E-state index contributed by atoms with van der Waals surface area (Å²) in [6, 6.07) is 15.3. The van der Waals surface area contributed by atoms with E-state index in [0.29, 0.717) is 51.2 Å². The van der Waals surface area contributed by atoms with Gasteiger partial charge in [-0.15, -0.1) is 0 Å². The van der Waals surface area contributed by atoms with Crippen molar-refractivity contribution in [3.63, 3.8) is 0 Å². The number of nitrogens with one attached hydrogen (secondary N) is 1. The summed E-state index contributed by atoms with van der Waals surface area (Å²) in [6.07, 6.45) is 1.44. The average molecular weight is 738 g/mol. The Morgan fingerprint density at radius 3 is 2.43 bits per heavy atom. The lowest BCUT2D eigenvalue weighted by molar-refractivity contribution is -0.162. The van der Waals surface area contributed by atoms with Gasteiger partial charge in [-0.3, -0.25) is 9.69 Å². The SMILES string of the molecule is CC1CC[C@@H](C(C)C)[C@H](OC(=O)[C@@H]2Cc3cc4c(cc3CN2C(=O)OC(C)(C)C)O[C@H](c2ccc(OCc3ccc(Cl)c(Cl)c3)cc2)C(=O)N4)C1. The van der Waals surface area contributed by atoms with Gasteiger partial charge in [-0.25, -0.2) is 9.59 Å². The van der Waals surface area contributed by atoms with Crippen molar-refractivity contribution in [1.29, 1.82) is 0 Å². The van der Waals surface area contributed by atoms with E-state index in [2.05, 4.69) is 26.1 Å². The van der Waals surface area contributed by atoms with Gasteiger partial charge in [-0.05, 0) is 104 Å². The molecule has 0 spiro atoms. The molecule has 0 aromatic heterocycles. The molecule has 0 bridgehead atoms. The molecule has 11 heteroatoms. The van der Waals surface area contributed by atoms with E-state index in [-0.39, 0.29) is 30.9 Å². The zero-order valence-electron chi connectivity index (χ0n) is 30.0. The number of halogens is 2. The maximum Gasteiger partial charge on any atom is 0.411 e. The van der Waals surface area contributed by atoms with E-state index >= 15 is 0 Å². The molecule has 3 aromatic carbocycles. The van der Waals surface area contributed by atoms with Crippen molar-refractivity contribution < 1.29 is 33.3 Å². The smallest absolute Gasteiger partial charge is 0.411 e. The molecule has 1 unspecified atom stereocenters. The number of carbonyl (C=O) groups is 3. The summed E-state index contributed by atoms with van der Waals surface area (Å²) in [6.45, 7) is 12.3. The maximum absolute atomic E-state index is 13.9. The lowest BCUT2D eigenvalue weighted by Gasteiger charge is -2.40. The van der Waals surface area contributed by atoms with Crippen LogP contribution in [0.15, 0.2) is 54.6 Å². The van der Waals surface area contributed by atoms with Crippen molar-refractivity contribution >= 4 is 46.9 Å². The Morgan fingerprint density at radius 2 is 1.75 bits per heavy atom. The van der Waals surface area contributed by atoms with Crippen LogP contribution in [0.2, 0.25) is 10.0 Å². The Labute approximate surface area is 309 Å². The summed E-state index contributed by atoms with van der Waals surface area (Å²) < 4.78 is 24.2. The highest BCUT2D eigenvalue weighted by Gasteiger charge is 2.42. The molecule has 2 heterocycles. The molecule has 272 valence electrons. The van der Waals surface area contributed by atoms with Crippen molar-refractivity contribution in [1.82, 2.24) is 4.90 Å². The molecule has 0 radical (unpaired) electrons. The second-order valence-electron chi connectivity index (χ2n) is 15.3. The largest absolute Gasteiger partial charge is 0.489 e. The summed E-state index contributed by atoms with van der Waals surface area (Å²) in [7, 11) is 0. The third-order valence-electron chi connectivity index (χ3n) is 9.87. The molecule has 2 amide bonds. The van der Waals surface area contributed by atoms with Gasteiger partial charge in [0.2, 0.25) is 6.10 Å². The molecule has 1 fully saturated rings. The summed E-state index contributed by atoms with van der Waals surface area (Å²) in [4.78, 5) is 42.3. The normalized spacial score (nSPS) is 23.0. The number of fused-ring (bicyclic) bond motifs is 2. The van der Waals surface area contributed by atoms with E-state index in [1.54, 1.807) is 57.2 Å². The van der Waals surface area contributed by atoms with Gasteiger partial charge in [-0.1, -0.05) is 68.6 Å². The Bertz CT molecular complexity index is 1790. The van der Waals surface area contributed by atoms with Crippen LogP contribution in [0.5, 0.6) is 11.5 Å². The van der Waals surface area contributed by atoms with Gasteiger partial charge in [0.15, 0.2) is 0 Å². The van der Waals surface area contributed by atoms with Crippen LogP contribution in [0, 0.1) is 17.8 Å². The highest BCUT2D eigenvalue weighted by molar-refractivity contribution is 6.42. The second-order valence-corrected chi connectivity index (χ2v) is 16.2. The average Bonchev–Trinajstić information content (AvgIpc) is 3.06. The monoisotopic (exact) mass is 736 g/mol. The number of hydrogen-bond donors (Lipinski definition) is 1. The number of benzene rings is 3. The highest BCUT2D eigenvalue weighted by Crippen LogP contribution is 2.41. The fourth-order valence-corrected chi connectivity index (χ4v) is 7.47. The minimum Gasteiger partial charge on any atom is -0.489 e. The lowest BCUT2D eigenvalue weighted by atomic mass is 9.75. The Balaban J connectivity index is 1.20. The molecular weight excluding hydrogens is 691 g/mol. The van der Waals surface area contributed by atoms with Gasteiger partial charge >= 0.3 is 12.1 Å². The van der Waals surface area contributed by atoms with Crippen molar-refractivity contribution in [3.8, 4) is 11.5 Å². The van der Waals surface area contributed by atoms with Crippen LogP contribution in [-0.4, -0.2) is 40.6 Å². The first-order valence-corrected chi connectivity index (χ1v) is 18.4. The van der Waals surface area contributed by atoms with Crippen molar-refractivity contribution in [3.05, 3.63) is 86.9 Å². The molecule has 1 saturated carbocycles. The van der Waals surface area contributed by atoms with Gasteiger partial charge in [0.05, 0.1) is 22.3 Å². The Kier molecular flexibility index (Phi) is 10.8. The zero-order chi connectivity index (χ0) is 36.6. The van der Waals surface area contributed by atoms with Crippen molar-refractivity contribution in [2.45, 2.75) is 104 Å². The van der Waals surface area contributed by atoms with Crippen LogP contribution in [0.3, 0.4) is 0 Å². The first-order chi connectivity index (χ1) is 24.1. The summed E-state index contributed by atoms with van der Waals surface area (Å²) in [5.41, 5.74) is 2.90. The first kappa shape index (κ1) is 36.8. The van der Waals surface area contributed by atoms with E-state index in [1.807, 2.05) is 18.2 Å². The van der Waals surface area contributed by atoms with Crippen LogP contribution in [0.25, 0.3) is 0 Å². The van der Waals surface area contributed by atoms with Gasteiger partial charge < -0.3 is 24.3 Å². The van der Waals surface area contributed by atoms with Crippen LogP contribution in [0.1, 0.15) is 89.2 Å². The number of carbonyl (C=O) groups excluding carboxylic acids is 3. The molecule has 51 heavy (non-hydrogen) atoms. The number of esters is 1. The van der Waals surface area contributed by atoms with E-state index in [0.717, 1.165) is 36.0 Å². The highest BCUT2D eigenvalue weighted by atomic mass is 35.5. The summed E-state index contributed by atoms with van der Waals surface area (Å²) in [5, 5.41) is 3.92. The molecule has 6 rings (SSSR count). The van der Waals surface area contributed by atoms with Crippen LogP contribution in [-0.2, 0) is 38.6 Å². The number of anilines is 1. The topological polar surface area (TPSA) is 103 Å². The number of nitrogens with zero attached hydrogens (tertiary/aromatic N) is 1. The van der Waals surface area contributed by atoms with Gasteiger partial charge in [-0.2, -0.15) is 0 Å². The number of ether oxygens (including phenoxy) is 4. The molecule has 3 aliphatic rings. The van der Waals surface area contributed by atoms with Gasteiger partial charge in [0, 0.05) is 12.0 Å². The maximum atomic E-state index is 13.9. The van der Waals surface area contributed by atoms with Crippen molar-refractivity contribution in [2.75, 3.05) is 5.32 Å². The summed E-state index contributed by atoms with van der Waals surface area (Å²) in [5.74, 6) is 1.43. The van der Waals surface area contributed by atoms with Crippen LogP contribution < -0.4 is 14.8 Å². The fraction of sp³-hybridized carbons (Fsp3) is 0.475. The van der Waals surface area contributed by atoms with Crippen LogP contribution >= 0.6 is 23.2 Å². The lowest BCUT2D eigenvalue weighted by Crippen LogP contribution is -2.52. The van der Waals surface area contributed by atoms with Crippen molar-refractivity contribution in [2.24, 2.45) is 17.8 Å². The zero-order valence-corrected chi connectivity index (χ0v) is 31.5. The quantitative estimate of drug-likeness (QED) is 0.241. The minimum atomic E-state index is -0.903. The predicted octanol–water partition coefficient (Wildman–Crippen LogP) is 9.31. The molecule has 3 aromatic rings. The molecule has 9 nitrogen and oxygen atoms in total. The van der Waals surface area contributed by atoms with E-state index in [1.165, 1.54) is 4.90 Å². The third kappa shape index (κ3) is 8.58. The molecule has 1 N–H and O–H groups in total. The van der Waals surface area contributed by atoms with E-state index in [9.17, 15) is 14.4 Å². The molecular formula is C40H46Cl2N2O7. The number of rotatable bonds is 7. The van der Waals surface area contributed by atoms with Gasteiger partial charge in [0.1, 0.15) is 35.9 Å².